The molecule has 0 saturated carbocycles. The highest BCUT2D eigenvalue weighted by atomic mass is 79.9. The average Bonchev–Trinajstić information content (AvgIpc) is 2.71. The van der Waals surface area contributed by atoms with Gasteiger partial charge in [0.1, 0.15) is 0 Å². The van der Waals surface area contributed by atoms with E-state index in [1.807, 2.05) is 12.1 Å². The predicted octanol–water partition coefficient (Wildman–Crippen LogP) is 2.72. The zero-order chi connectivity index (χ0) is 10.5. The third kappa shape index (κ3) is 3.59. The van der Waals surface area contributed by atoms with Crippen LogP contribution in [0.5, 0.6) is 0 Å². The number of ether oxygens (including phenoxy) is 1. The maximum atomic E-state index is 5.68. The molecular formula is C12H16BrNO. The van der Waals surface area contributed by atoms with E-state index in [0.29, 0.717) is 12.6 Å². The summed E-state index contributed by atoms with van der Waals surface area (Å²) in [5, 5.41) is 3.42. The van der Waals surface area contributed by atoms with Gasteiger partial charge in [0.15, 0.2) is 0 Å². The number of rotatable bonds is 4. The second-order valence-electron chi connectivity index (χ2n) is 3.94. The van der Waals surface area contributed by atoms with Crippen LogP contribution in [0.1, 0.15) is 18.4 Å². The minimum atomic E-state index is 0.567. The van der Waals surface area contributed by atoms with Crippen LogP contribution in [0.25, 0.3) is 0 Å². The molecule has 0 radical (unpaired) electrons. The molecule has 0 bridgehead atoms. The first-order chi connectivity index (χ1) is 7.34. The number of hydrogen-bond donors (Lipinski definition) is 1. The lowest BCUT2D eigenvalue weighted by Gasteiger charge is -2.10. The van der Waals surface area contributed by atoms with Crippen LogP contribution < -0.4 is 5.32 Å². The fraction of sp³-hybridized carbons (Fsp3) is 0.500. The Kier molecular flexibility index (Phi) is 4.18. The molecule has 0 aliphatic carbocycles. The molecule has 1 fully saturated rings. The second kappa shape index (κ2) is 5.64. The van der Waals surface area contributed by atoms with Crippen molar-refractivity contribution in [3.05, 3.63) is 34.3 Å². The molecule has 1 atom stereocenters. The lowest BCUT2D eigenvalue weighted by atomic mass is 10.2. The Labute approximate surface area is 99.1 Å². The van der Waals surface area contributed by atoms with Gasteiger partial charge in [0.25, 0.3) is 0 Å². The minimum Gasteiger partial charge on any atom is -0.375 e. The molecule has 2 rings (SSSR count). The van der Waals surface area contributed by atoms with Gasteiger partial charge in [-0.15, -0.1) is 0 Å². The number of benzene rings is 1. The first kappa shape index (κ1) is 11.1. The first-order valence-corrected chi connectivity index (χ1v) is 6.19. The Hall–Kier alpha value is -0.380. The maximum Gasteiger partial charge on any atom is 0.0718 e. The summed E-state index contributed by atoms with van der Waals surface area (Å²) in [4.78, 5) is 0. The normalized spacial score (nSPS) is 20.7. The van der Waals surface area contributed by atoms with Crippen molar-refractivity contribution >= 4 is 15.9 Å². The summed E-state index contributed by atoms with van der Waals surface area (Å²) in [7, 11) is 0. The molecule has 0 unspecified atom stereocenters. The lowest BCUT2D eigenvalue weighted by Crippen LogP contribution is -2.26. The van der Waals surface area contributed by atoms with Gasteiger partial charge in [-0.3, -0.25) is 0 Å². The topological polar surface area (TPSA) is 21.3 Å². The first-order valence-electron chi connectivity index (χ1n) is 5.40. The largest absolute Gasteiger partial charge is 0.375 e. The molecule has 1 N–H and O–H groups in total. The van der Waals surface area contributed by atoms with Gasteiger partial charge in [-0.2, -0.15) is 0 Å². The molecule has 1 heterocycles. The summed E-state index contributed by atoms with van der Waals surface area (Å²) in [5.74, 6) is 0. The Bertz CT molecular complexity index is 310. The maximum absolute atomic E-state index is 5.68. The van der Waals surface area contributed by atoms with Gasteiger partial charge in [0.2, 0.25) is 0 Å². The number of nitrogens with one attached hydrogen (secondary N) is 1. The van der Waals surface area contributed by atoms with Crippen molar-refractivity contribution in [1.29, 1.82) is 0 Å². The molecule has 0 spiro atoms. The molecule has 1 aliphatic heterocycles. The summed E-state index contributed by atoms with van der Waals surface area (Å²) in [6.07, 6.45) is 2.53. The fourth-order valence-electron chi connectivity index (χ4n) is 1.84. The summed E-state index contributed by atoms with van der Waals surface area (Å²) in [6, 6.07) is 8.82. The van der Waals surface area contributed by atoms with Gasteiger partial charge in [-0.05, 0) is 37.1 Å². The summed E-state index contributed by atoms with van der Waals surface area (Å²) in [6.45, 7) is 2.68. The Morgan fingerprint density at radius 3 is 3.13 bits per heavy atom. The minimum absolute atomic E-state index is 0.567. The SMILES string of the molecule is Brc1cccc(COC[C@H]2CCCN2)c1. The zero-order valence-corrected chi connectivity index (χ0v) is 10.3. The van der Waals surface area contributed by atoms with Crippen LogP contribution in [-0.4, -0.2) is 19.2 Å². The molecule has 82 valence electrons. The summed E-state index contributed by atoms with van der Waals surface area (Å²) in [5.41, 5.74) is 1.22. The van der Waals surface area contributed by atoms with Crippen LogP contribution in [0.15, 0.2) is 28.7 Å². The van der Waals surface area contributed by atoms with E-state index in [9.17, 15) is 0 Å². The van der Waals surface area contributed by atoms with E-state index in [-0.39, 0.29) is 0 Å². The van der Waals surface area contributed by atoms with Crippen LogP contribution in [0, 0.1) is 0 Å². The molecule has 0 aromatic heterocycles. The molecule has 2 nitrogen and oxygen atoms in total. The zero-order valence-electron chi connectivity index (χ0n) is 8.71. The van der Waals surface area contributed by atoms with E-state index in [0.717, 1.165) is 17.6 Å². The third-order valence-corrected chi connectivity index (χ3v) is 3.13. The van der Waals surface area contributed by atoms with Crippen molar-refractivity contribution in [3.8, 4) is 0 Å². The van der Waals surface area contributed by atoms with Crippen LogP contribution in [0.4, 0.5) is 0 Å². The molecule has 15 heavy (non-hydrogen) atoms. The summed E-state index contributed by atoms with van der Waals surface area (Å²) >= 11 is 3.45. The monoisotopic (exact) mass is 269 g/mol. The molecule has 3 heteroatoms. The van der Waals surface area contributed by atoms with Gasteiger partial charge in [0, 0.05) is 10.5 Å². The van der Waals surface area contributed by atoms with E-state index < -0.39 is 0 Å². The highest BCUT2D eigenvalue weighted by Gasteiger charge is 2.13. The molecule has 1 aromatic carbocycles. The van der Waals surface area contributed by atoms with E-state index in [2.05, 4.69) is 33.4 Å². The Morgan fingerprint density at radius 2 is 2.40 bits per heavy atom. The Morgan fingerprint density at radius 1 is 1.47 bits per heavy atom. The van der Waals surface area contributed by atoms with Crippen LogP contribution >= 0.6 is 15.9 Å². The van der Waals surface area contributed by atoms with E-state index in [1.165, 1.54) is 18.4 Å². The summed E-state index contributed by atoms with van der Waals surface area (Å²) < 4.78 is 6.79. The third-order valence-electron chi connectivity index (χ3n) is 2.64. The van der Waals surface area contributed by atoms with Crippen LogP contribution in [-0.2, 0) is 11.3 Å². The van der Waals surface area contributed by atoms with Crippen LogP contribution in [0.3, 0.4) is 0 Å². The Balaban J connectivity index is 1.73. The lowest BCUT2D eigenvalue weighted by molar-refractivity contribution is 0.103. The predicted molar refractivity (Wildman–Crippen MR) is 64.8 cm³/mol. The van der Waals surface area contributed by atoms with Gasteiger partial charge in [-0.25, -0.2) is 0 Å². The quantitative estimate of drug-likeness (QED) is 0.908. The molecular weight excluding hydrogens is 254 g/mol. The molecule has 1 aromatic rings. The highest BCUT2D eigenvalue weighted by Crippen LogP contribution is 2.13. The van der Waals surface area contributed by atoms with E-state index in [1.54, 1.807) is 0 Å². The van der Waals surface area contributed by atoms with Gasteiger partial charge in [0.05, 0.1) is 13.2 Å². The molecule has 1 aliphatic rings. The van der Waals surface area contributed by atoms with Crippen molar-refractivity contribution in [2.24, 2.45) is 0 Å². The van der Waals surface area contributed by atoms with E-state index >= 15 is 0 Å². The fourth-order valence-corrected chi connectivity index (χ4v) is 2.29. The van der Waals surface area contributed by atoms with Crippen molar-refractivity contribution in [1.82, 2.24) is 5.32 Å². The van der Waals surface area contributed by atoms with Gasteiger partial charge < -0.3 is 10.1 Å². The van der Waals surface area contributed by atoms with E-state index in [4.69, 9.17) is 4.74 Å². The van der Waals surface area contributed by atoms with Crippen molar-refractivity contribution in [2.75, 3.05) is 13.2 Å². The highest BCUT2D eigenvalue weighted by molar-refractivity contribution is 9.10. The smallest absolute Gasteiger partial charge is 0.0718 e. The number of hydrogen-bond acceptors (Lipinski definition) is 2. The van der Waals surface area contributed by atoms with Crippen LogP contribution in [0.2, 0.25) is 0 Å². The van der Waals surface area contributed by atoms with Crippen molar-refractivity contribution < 1.29 is 4.74 Å². The standard InChI is InChI=1S/C12H16BrNO/c13-11-4-1-3-10(7-11)8-15-9-12-5-2-6-14-12/h1,3-4,7,12,14H,2,5-6,8-9H2/t12-/m1/s1. The number of halogens is 1. The molecule has 1 saturated heterocycles. The molecule has 0 amide bonds. The van der Waals surface area contributed by atoms with Crippen molar-refractivity contribution in [2.45, 2.75) is 25.5 Å². The van der Waals surface area contributed by atoms with Gasteiger partial charge in [-0.1, -0.05) is 28.1 Å². The average molecular weight is 270 g/mol. The second-order valence-corrected chi connectivity index (χ2v) is 4.85. The van der Waals surface area contributed by atoms with Crippen molar-refractivity contribution in [3.63, 3.8) is 0 Å². The van der Waals surface area contributed by atoms with Gasteiger partial charge >= 0.3 is 0 Å².